The first-order chi connectivity index (χ1) is 21.4. The number of nitrogens with two attached hydrogens (primary N) is 1. The average Bonchev–Trinajstić information content (AvgIpc) is 3.41. The van der Waals surface area contributed by atoms with Crippen LogP contribution in [-0.2, 0) is 9.47 Å². The smallest absolute Gasteiger partial charge is 0.229 e. The minimum Gasteiger partial charge on any atom is -0.490 e. The van der Waals surface area contributed by atoms with Gasteiger partial charge in [-0.1, -0.05) is 6.92 Å². The Morgan fingerprint density at radius 3 is 2.68 bits per heavy atom. The van der Waals surface area contributed by atoms with Crippen molar-refractivity contribution in [1.82, 2.24) is 19.6 Å². The molecule has 1 aromatic carbocycles. The van der Waals surface area contributed by atoms with E-state index in [1.807, 2.05) is 6.07 Å². The number of ether oxygens (including phenoxy) is 3. The van der Waals surface area contributed by atoms with E-state index in [2.05, 4.69) is 38.3 Å². The summed E-state index contributed by atoms with van der Waals surface area (Å²) in [6.07, 6.45) is 6.36. The number of aromatic nitrogens is 4. The lowest BCUT2D eigenvalue weighted by molar-refractivity contribution is -0.00331. The van der Waals surface area contributed by atoms with Crippen molar-refractivity contribution in [3.8, 4) is 23.1 Å². The molecule has 0 radical (unpaired) electrons. The Hall–Kier alpha value is -4.38. The van der Waals surface area contributed by atoms with Gasteiger partial charge in [-0.3, -0.25) is 4.98 Å². The number of imidazole rings is 1. The highest BCUT2D eigenvalue weighted by atomic mass is 19.1. The van der Waals surface area contributed by atoms with E-state index < -0.39 is 11.6 Å². The molecule has 0 spiro atoms. The fourth-order valence-electron chi connectivity index (χ4n) is 5.86. The molecule has 230 valence electrons. The van der Waals surface area contributed by atoms with E-state index in [0.717, 1.165) is 5.69 Å². The first kappa shape index (κ1) is 29.7. The van der Waals surface area contributed by atoms with Crippen molar-refractivity contribution in [3.63, 3.8) is 0 Å². The number of nitriles is 1. The Labute approximate surface area is 253 Å². The summed E-state index contributed by atoms with van der Waals surface area (Å²) in [6, 6.07) is 9.38. The highest BCUT2D eigenvalue weighted by Crippen LogP contribution is 2.33. The van der Waals surface area contributed by atoms with Gasteiger partial charge < -0.3 is 30.2 Å². The van der Waals surface area contributed by atoms with Gasteiger partial charge in [-0.2, -0.15) is 14.9 Å². The molecule has 2 fully saturated rings. The molecule has 5 heterocycles. The number of nitrogens with zero attached hydrogens (tertiary/aromatic N) is 6. The Bertz CT molecular complexity index is 1620. The molecule has 4 aromatic rings. The van der Waals surface area contributed by atoms with Crippen LogP contribution in [0.4, 0.5) is 26.1 Å². The summed E-state index contributed by atoms with van der Waals surface area (Å²) in [6.45, 7) is 4.77. The number of piperidine rings is 1. The number of halogens is 2. The molecule has 2 saturated heterocycles. The van der Waals surface area contributed by atoms with Crippen molar-refractivity contribution in [2.75, 3.05) is 43.1 Å². The van der Waals surface area contributed by atoms with E-state index in [1.54, 1.807) is 30.7 Å². The molecule has 6 rings (SSSR count). The molecule has 13 heteroatoms. The minimum absolute atomic E-state index is 0.107. The largest absolute Gasteiger partial charge is 0.490 e. The fraction of sp³-hybridized carbons (Fsp3) is 0.419. The minimum atomic E-state index is -0.770. The summed E-state index contributed by atoms with van der Waals surface area (Å²) < 4.78 is 49.1. The molecule has 3 atom stereocenters. The number of rotatable bonds is 9. The molecule has 0 unspecified atom stereocenters. The van der Waals surface area contributed by atoms with E-state index in [1.165, 1.54) is 16.6 Å². The Kier molecular flexibility index (Phi) is 8.83. The molecule has 44 heavy (non-hydrogen) atoms. The highest BCUT2D eigenvalue weighted by Gasteiger charge is 2.34. The summed E-state index contributed by atoms with van der Waals surface area (Å²) in [7, 11) is 0. The molecule has 2 aliphatic rings. The average molecular weight is 605 g/mol. The van der Waals surface area contributed by atoms with Gasteiger partial charge in [-0.25, -0.2) is 13.8 Å². The van der Waals surface area contributed by atoms with Crippen LogP contribution in [0.25, 0.3) is 16.8 Å². The maximum atomic E-state index is 15.3. The Morgan fingerprint density at radius 2 is 1.93 bits per heavy atom. The number of hydrogen-bond donors (Lipinski definition) is 2. The van der Waals surface area contributed by atoms with Gasteiger partial charge in [-0.15, -0.1) is 0 Å². The van der Waals surface area contributed by atoms with Gasteiger partial charge in [0, 0.05) is 56.2 Å². The molecule has 3 aromatic heterocycles. The van der Waals surface area contributed by atoms with Crippen molar-refractivity contribution >= 4 is 22.8 Å². The molecule has 11 nitrogen and oxygen atoms in total. The van der Waals surface area contributed by atoms with E-state index in [-0.39, 0.29) is 41.2 Å². The van der Waals surface area contributed by atoms with Gasteiger partial charge in [0.15, 0.2) is 0 Å². The van der Waals surface area contributed by atoms with Gasteiger partial charge >= 0.3 is 0 Å². The van der Waals surface area contributed by atoms with Crippen LogP contribution in [0.2, 0.25) is 0 Å². The monoisotopic (exact) mass is 604 g/mol. The molecule has 3 N–H and O–H groups in total. The van der Waals surface area contributed by atoms with Gasteiger partial charge in [0.25, 0.3) is 0 Å². The second-order valence-electron chi connectivity index (χ2n) is 11.1. The number of pyridine rings is 1. The van der Waals surface area contributed by atoms with Crippen molar-refractivity contribution in [1.29, 1.82) is 5.26 Å². The van der Waals surface area contributed by atoms with Gasteiger partial charge in [0.1, 0.15) is 23.5 Å². The van der Waals surface area contributed by atoms with Crippen LogP contribution in [0.3, 0.4) is 0 Å². The maximum absolute atomic E-state index is 15.3. The van der Waals surface area contributed by atoms with E-state index in [4.69, 9.17) is 25.2 Å². The third-order valence-electron chi connectivity index (χ3n) is 7.96. The predicted molar refractivity (Wildman–Crippen MR) is 160 cm³/mol. The first-order valence-electron chi connectivity index (χ1n) is 14.7. The summed E-state index contributed by atoms with van der Waals surface area (Å²) in [5.74, 6) is -0.934. The SMILES string of the molecule is C[C@H]1CN(c2ccncc2Nc2ncc3ccc(-c4c(F)cc(OC5CCOCC5)cc4F)nn23)C[C@@H](N)[C@H]1OCCC#N. The quantitative estimate of drug-likeness (QED) is 0.264. The number of benzene rings is 1. The molecule has 0 amide bonds. The molecule has 2 aliphatic heterocycles. The van der Waals surface area contributed by atoms with Crippen LogP contribution in [-0.4, -0.2) is 70.7 Å². The summed E-state index contributed by atoms with van der Waals surface area (Å²) in [4.78, 5) is 10.9. The number of hydrogen-bond acceptors (Lipinski definition) is 10. The number of nitrogens with one attached hydrogen (secondary N) is 1. The normalized spacial score (nSPS) is 20.9. The van der Waals surface area contributed by atoms with Gasteiger partial charge in [0.2, 0.25) is 5.95 Å². The molecular formula is C31H34F2N8O3. The molecule has 0 aliphatic carbocycles. The zero-order valence-electron chi connectivity index (χ0n) is 24.3. The molecule has 0 saturated carbocycles. The van der Waals surface area contributed by atoms with Crippen LogP contribution >= 0.6 is 0 Å². The second kappa shape index (κ2) is 13.1. The summed E-state index contributed by atoms with van der Waals surface area (Å²) >= 11 is 0. The number of anilines is 3. The Balaban J connectivity index is 1.23. The topological polar surface area (TPSA) is 136 Å². The lowest BCUT2D eigenvalue weighted by atomic mass is 9.92. The second-order valence-corrected chi connectivity index (χ2v) is 11.1. The van der Waals surface area contributed by atoms with Crippen LogP contribution < -0.4 is 20.7 Å². The standard InChI is InChI=1S/C31H34F2N8O3/c1-19-17-40(18-25(35)30(19)43-10-2-8-34)28-5-9-36-16-27(28)38-31-37-15-20-3-4-26(39-41(20)31)29-23(32)13-22(14-24(29)33)44-21-6-11-42-12-7-21/h3-5,9,13-16,19,21,25,30H,2,6-7,10-12,17-18,35H2,1H3,(H,37,38)/t19-,25+,30-/m0/s1. The van der Waals surface area contributed by atoms with E-state index >= 15 is 8.78 Å². The highest BCUT2D eigenvalue weighted by molar-refractivity contribution is 5.74. The van der Waals surface area contributed by atoms with Crippen LogP contribution in [0.1, 0.15) is 26.2 Å². The molecule has 0 bridgehead atoms. The summed E-state index contributed by atoms with van der Waals surface area (Å²) in [5, 5.41) is 16.7. The Morgan fingerprint density at radius 1 is 1.14 bits per heavy atom. The lowest BCUT2D eigenvalue weighted by Gasteiger charge is -2.42. The van der Waals surface area contributed by atoms with Gasteiger partial charge in [0.05, 0.1) is 79.0 Å². The number of fused-ring (bicyclic) bond motifs is 1. The van der Waals surface area contributed by atoms with Crippen molar-refractivity contribution in [3.05, 3.63) is 60.6 Å². The van der Waals surface area contributed by atoms with Crippen LogP contribution in [0, 0.1) is 28.9 Å². The van der Waals surface area contributed by atoms with Gasteiger partial charge in [-0.05, 0) is 18.2 Å². The van der Waals surface area contributed by atoms with Crippen LogP contribution in [0.5, 0.6) is 5.75 Å². The van der Waals surface area contributed by atoms with Crippen molar-refractivity contribution in [2.24, 2.45) is 11.7 Å². The zero-order valence-corrected chi connectivity index (χ0v) is 24.3. The molecular weight excluding hydrogens is 570 g/mol. The van der Waals surface area contributed by atoms with Crippen molar-refractivity contribution in [2.45, 2.75) is 44.4 Å². The zero-order chi connectivity index (χ0) is 30.6. The summed E-state index contributed by atoms with van der Waals surface area (Å²) in [5.41, 5.74) is 8.52. The van der Waals surface area contributed by atoms with E-state index in [9.17, 15) is 0 Å². The predicted octanol–water partition coefficient (Wildman–Crippen LogP) is 4.45. The lowest BCUT2D eigenvalue weighted by Crippen LogP contribution is -2.56. The third kappa shape index (κ3) is 6.28. The van der Waals surface area contributed by atoms with Crippen molar-refractivity contribution < 1.29 is 23.0 Å². The maximum Gasteiger partial charge on any atom is 0.229 e. The third-order valence-corrected chi connectivity index (χ3v) is 7.96. The first-order valence-corrected chi connectivity index (χ1v) is 14.7. The fourth-order valence-corrected chi connectivity index (χ4v) is 5.86. The van der Waals surface area contributed by atoms with E-state index in [0.29, 0.717) is 69.3 Å². The van der Waals surface area contributed by atoms with Crippen LogP contribution in [0.15, 0.2) is 48.9 Å².